The number of nitro groups is 1. The number of carbonyl (C=O) groups is 2. The molecule has 0 saturated carbocycles. The maximum atomic E-state index is 13.3. The lowest BCUT2D eigenvalue weighted by molar-refractivity contribution is -0.387. The van der Waals surface area contributed by atoms with Crippen molar-refractivity contribution in [1.29, 1.82) is 0 Å². The van der Waals surface area contributed by atoms with Crippen molar-refractivity contribution in [1.82, 2.24) is 5.32 Å². The number of benzene rings is 1. The smallest absolute Gasteiger partial charge is 0.326 e. The predicted molar refractivity (Wildman–Crippen MR) is 68.3 cm³/mol. The number of hydrogen-bond donors (Lipinski definition) is 4. The van der Waals surface area contributed by atoms with Crippen LogP contribution in [0.4, 0.5) is 20.6 Å². The van der Waals surface area contributed by atoms with Gasteiger partial charge in [-0.3, -0.25) is 10.1 Å². The second kappa shape index (κ2) is 7.14. The van der Waals surface area contributed by atoms with Crippen molar-refractivity contribution in [3.05, 3.63) is 34.1 Å². The van der Waals surface area contributed by atoms with Gasteiger partial charge in [-0.05, 0) is 6.07 Å². The number of aliphatic carboxylic acids is 1. The molecule has 0 saturated heterocycles. The Labute approximate surface area is 117 Å². The number of hydrogen-bond acceptors (Lipinski definition) is 5. The number of rotatable bonds is 6. The van der Waals surface area contributed by atoms with E-state index in [9.17, 15) is 24.1 Å². The van der Waals surface area contributed by atoms with Gasteiger partial charge in [-0.1, -0.05) is 0 Å². The van der Waals surface area contributed by atoms with Crippen LogP contribution in [-0.4, -0.2) is 39.8 Å². The third-order valence-corrected chi connectivity index (χ3v) is 2.42. The summed E-state index contributed by atoms with van der Waals surface area (Å²) < 4.78 is 13.3. The van der Waals surface area contributed by atoms with E-state index in [4.69, 9.17) is 10.2 Å². The number of nitrogens with one attached hydrogen (secondary N) is 2. The summed E-state index contributed by atoms with van der Waals surface area (Å²) in [6, 6.07) is 0.456. The molecule has 1 unspecified atom stereocenters. The Morgan fingerprint density at radius 2 is 2.10 bits per heavy atom. The van der Waals surface area contributed by atoms with E-state index in [0.29, 0.717) is 0 Å². The Morgan fingerprint density at radius 1 is 1.43 bits per heavy atom. The Hall–Kier alpha value is -2.75. The second-order valence-electron chi connectivity index (χ2n) is 3.92. The fourth-order valence-electron chi connectivity index (χ4n) is 1.44. The molecule has 0 aliphatic heterocycles. The number of carbonyl (C=O) groups excluding carboxylic acids is 1. The molecule has 1 rings (SSSR count). The van der Waals surface area contributed by atoms with Crippen molar-refractivity contribution in [3.8, 4) is 0 Å². The summed E-state index contributed by atoms with van der Waals surface area (Å²) in [5, 5.41) is 32.0. The highest BCUT2D eigenvalue weighted by Crippen LogP contribution is 2.20. The molecule has 21 heavy (non-hydrogen) atoms. The van der Waals surface area contributed by atoms with Crippen LogP contribution in [0, 0.1) is 15.9 Å². The van der Waals surface area contributed by atoms with Gasteiger partial charge in [0.05, 0.1) is 4.92 Å². The van der Waals surface area contributed by atoms with Crippen LogP contribution >= 0.6 is 0 Å². The first-order valence-electron chi connectivity index (χ1n) is 5.70. The van der Waals surface area contributed by atoms with Crippen molar-refractivity contribution in [2.24, 2.45) is 0 Å². The summed E-state index contributed by atoms with van der Waals surface area (Å²) in [4.78, 5) is 31.8. The number of halogens is 1. The minimum absolute atomic E-state index is 0.0799. The predicted octanol–water partition coefficient (Wildman–Crippen LogP) is 0.691. The quantitative estimate of drug-likeness (QED) is 0.450. The number of carboxylic acids is 1. The fraction of sp³-hybridized carbons (Fsp3) is 0.273. The first-order chi connectivity index (χ1) is 9.85. The number of aliphatic hydroxyl groups is 1. The van der Waals surface area contributed by atoms with Crippen LogP contribution in [0.1, 0.15) is 6.42 Å². The lowest BCUT2D eigenvalue weighted by Crippen LogP contribution is -2.43. The molecule has 0 aliphatic rings. The average molecular weight is 301 g/mol. The van der Waals surface area contributed by atoms with Gasteiger partial charge in [0.1, 0.15) is 6.04 Å². The van der Waals surface area contributed by atoms with Crippen LogP contribution in [0.2, 0.25) is 0 Å². The monoisotopic (exact) mass is 301 g/mol. The Balaban J connectivity index is 2.72. The molecule has 1 aromatic rings. The highest BCUT2D eigenvalue weighted by Gasteiger charge is 2.20. The van der Waals surface area contributed by atoms with Crippen LogP contribution in [0.25, 0.3) is 0 Å². The van der Waals surface area contributed by atoms with Gasteiger partial charge in [0.15, 0.2) is 0 Å². The summed E-state index contributed by atoms with van der Waals surface area (Å²) >= 11 is 0. The van der Waals surface area contributed by atoms with E-state index in [1.54, 1.807) is 0 Å². The van der Waals surface area contributed by atoms with Crippen molar-refractivity contribution >= 4 is 23.4 Å². The number of carboxylic acid groups (broad SMARTS) is 1. The van der Waals surface area contributed by atoms with E-state index in [-0.39, 0.29) is 12.1 Å². The molecule has 4 N–H and O–H groups in total. The zero-order valence-corrected chi connectivity index (χ0v) is 10.6. The third kappa shape index (κ3) is 4.69. The number of nitrogens with zero attached hydrogens (tertiary/aromatic N) is 1. The molecule has 0 bridgehead atoms. The standard InChI is InChI=1S/C11H12FN3O6/c12-7-5-6(1-2-9(7)15(20)21)13-11(19)14-8(3-4-16)10(17)18/h1-2,5,8,16H,3-4H2,(H,17,18)(H2,13,14,19). The number of amides is 2. The zero-order chi connectivity index (χ0) is 16.0. The Morgan fingerprint density at radius 3 is 2.57 bits per heavy atom. The van der Waals surface area contributed by atoms with Gasteiger partial charge in [0.2, 0.25) is 5.82 Å². The topological polar surface area (TPSA) is 142 Å². The molecule has 0 radical (unpaired) electrons. The molecular formula is C11H12FN3O6. The van der Waals surface area contributed by atoms with Crippen molar-refractivity contribution < 1.29 is 29.1 Å². The molecule has 0 spiro atoms. The molecule has 2 amide bonds. The molecular weight excluding hydrogens is 289 g/mol. The summed E-state index contributed by atoms with van der Waals surface area (Å²) in [6.45, 7) is -0.441. The van der Waals surface area contributed by atoms with Crippen LogP contribution in [0.5, 0.6) is 0 Å². The van der Waals surface area contributed by atoms with Crippen molar-refractivity contribution in [3.63, 3.8) is 0 Å². The van der Waals surface area contributed by atoms with Gasteiger partial charge >= 0.3 is 17.7 Å². The average Bonchev–Trinajstić information content (AvgIpc) is 2.37. The van der Waals surface area contributed by atoms with Crippen LogP contribution < -0.4 is 10.6 Å². The van der Waals surface area contributed by atoms with E-state index in [1.165, 1.54) is 0 Å². The number of anilines is 1. The molecule has 1 atom stereocenters. The zero-order valence-electron chi connectivity index (χ0n) is 10.6. The largest absolute Gasteiger partial charge is 0.480 e. The van der Waals surface area contributed by atoms with Gasteiger partial charge in [-0.25, -0.2) is 9.59 Å². The van der Waals surface area contributed by atoms with Crippen LogP contribution in [0.3, 0.4) is 0 Å². The summed E-state index contributed by atoms with van der Waals surface area (Å²) in [6.07, 6.45) is -0.197. The van der Waals surface area contributed by atoms with E-state index in [2.05, 4.69) is 10.6 Å². The number of urea groups is 1. The number of nitro benzene ring substituents is 1. The summed E-state index contributed by atoms with van der Waals surface area (Å²) in [7, 11) is 0. The lowest BCUT2D eigenvalue weighted by atomic mass is 10.2. The van der Waals surface area contributed by atoms with E-state index in [0.717, 1.165) is 18.2 Å². The van der Waals surface area contributed by atoms with Gasteiger partial charge in [0.25, 0.3) is 0 Å². The Kier molecular flexibility index (Phi) is 5.55. The maximum Gasteiger partial charge on any atom is 0.326 e. The van der Waals surface area contributed by atoms with Gasteiger partial charge < -0.3 is 20.8 Å². The SMILES string of the molecule is O=C(Nc1ccc([N+](=O)[O-])c(F)c1)NC(CCO)C(=O)O. The van der Waals surface area contributed by atoms with E-state index in [1.807, 2.05) is 0 Å². The van der Waals surface area contributed by atoms with Gasteiger partial charge in [0, 0.05) is 30.8 Å². The van der Waals surface area contributed by atoms with E-state index < -0.39 is 41.1 Å². The lowest BCUT2D eigenvalue weighted by Gasteiger charge is -2.14. The molecule has 0 aromatic heterocycles. The molecule has 9 nitrogen and oxygen atoms in total. The minimum atomic E-state index is -1.34. The molecule has 1 aromatic carbocycles. The fourth-order valence-corrected chi connectivity index (χ4v) is 1.44. The van der Waals surface area contributed by atoms with Gasteiger partial charge in [-0.15, -0.1) is 0 Å². The maximum absolute atomic E-state index is 13.3. The number of aliphatic hydroxyl groups excluding tert-OH is 1. The first kappa shape index (κ1) is 16.3. The van der Waals surface area contributed by atoms with E-state index >= 15 is 0 Å². The van der Waals surface area contributed by atoms with Crippen molar-refractivity contribution in [2.75, 3.05) is 11.9 Å². The first-order valence-corrected chi connectivity index (χ1v) is 5.70. The Bertz CT molecular complexity index is 565. The highest BCUT2D eigenvalue weighted by atomic mass is 19.1. The highest BCUT2D eigenvalue weighted by molar-refractivity contribution is 5.92. The van der Waals surface area contributed by atoms with Crippen LogP contribution in [-0.2, 0) is 4.79 Å². The minimum Gasteiger partial charge on any atom is -0.480 e. The normalized spacial score (nSPS) is 11.5. The van der Waals surface area contributed by atoms with Crippen molar-refractivity contribution in [2.45, 2.75) is 12.5 Å². The van der Waals surface area contributed by atoms with Gasteiger partial charge in [-0.2, -0.15) is 4.39 Å². The molecule has 10 heteroatoms. The molecule has 0 aliphatic carbocycles. The molecule has 114 valence electrons. The van der Waals surface area contributed by atoms with Crippen LogP contribution in [0.15, 0.2) is 18.2 Å². The second-order valence-corrected chi connectivity index (χ2v) is 3.92. The summed E-state index contributed by atoms with van der Waals surface area (Å²) in [5.74, 6) is -2.47. The molecule has 0 heterocycles. The third-order valence-electron chi connectivity index (χ3n) is 2.42. The summed E-state index contributed by atoms with van der Waals surface area (Å²) in [5.41, 5.74) is -0.826. The molecule has 0 fully saturated rings.